The van der Waals surface area contributed by atoms with Gasteiger partial charge in [0.1, 0.15) is 17.4 Å². The van der Waals surface area contributed by atoms with E-state index in [1.54, 1.807) is 24.9 Å². The van der Waals surface area contributed by atoms with Crippen molar-refractivity contribution < 1.29 is 13.9 Å². The number of carbonyl (C=O) groups is 1. The predicted molar refractivity (Wildman–Crippen MR) is 65.6 cm³/mol. The first-order valence-electron chi connectivity index (χ1n) is 5.65. The Morgan fingerprint density at radius 3 is 2.89 bits per heavy atom. The standard InChI is InChI=1S/C13H15FN2O2/c1-3-18-13(17)7-8-16(2)12-6-4-5-11(14)10(12)9-15/h4-6H,3,7-8H2,1-2H3. The van der Waals surface area contributed by atoms with E-state index in [2.05, 4.69) is 0 Å². The molecule has 0 amide bonds. The lowest BCUT2D eigenvalue weighted by Crippen LogP contribution is -2.23. The van der Waals surface area contributed by atoms with E-state index in [9.17, 15) is 9.18 Å². The number of halogens is 1. The average Bonchev–Trinajstić information content (AvgIpc) is 2.36. The number of hydrogen-bond donors (Lipinski definition) is 0. The van der Waals surface area contributed by atoms with Gasteiger partial charge in [0.2, 0.25) is 0 Å². The molecule has 0 unspecified atom stereocenters. The van der Waals surface area contributed by atoms with E-state index in [0.717, 1.165) is 0 Å². The minimum atomic E-state index is -0.557. The number of carbonyl (C=O) groups excluding carboxylic acids is 1. The van der Waals surface area contributed by atoms with Crippen molar-refractivity contribution in [2.75, 3.05) is 25.1 Å². The molecule has 96 valence electrons. The molecule has 0 heterocycles. The van der Waals surface area contributed by atoms with Crippen LogP contribution in [0.3, 0.4) is 0 Å². The van der Waals surface area contributed by atoms with E-state index in [1.807, 2.05) is 6.07 Å². The molecule has 0 radical (unpaired) electrons. The van der Waals surface area contributed by atoms with Gasteiger partial charge in [-0.3, -0.25) is 4.79 Å². The number of anilines is 1. The molecular weight excluding hydrogens is 235 g/mol. The Bertz CT molecular complexity index is 469. The SMILES string of the molecule is CCOC(=O)CCN(C)c1cccc(F)c1C#N. The van der Waals surface area contributed by atoms with Crippen LogP contribution in [-0.2, 0) is 9.53 Å². The van der Waals surface area contributed by atoms with Crippen LogP contribution in [0.5, 0.6) is 0 Å². The summed E-state index contributed by atoms with van der Waals surface area (Å²) in [6, 6.07) is 6.24. The molecule has 5 heteroatoms. The first-order valence-corrected chi connectivity index (χ1v) is 5.65. The fourth-order valence-corrected chi connectivity index (χ4v) is 1.55. The van der Waals surface area contributed by atoms with Crippen LogP contribution in [0.25, 0.3) is 0 Å². The van der Waals surface area contributed by atoms with Gasteiger partial charge in [0.25, 0.3) is 0 Å². The smallest absolute Gasteiger partial charge is 0.307 e. The van der Waals surface area contributed by atoms with Crippen LogP contribution in [0.4, 0.5) is 10.1 Å². The van der Waals surface area contributed by atoms with Crippen molar-refractivity contribution in [3.63, 3.8) is 0 Å². The van der Waals surface area contributed by atoms with Crippen LogP contribution in [0.2, 0.25) is 0 Å². The first-order chi connectivity index (χ1) is 8.60. The summed E-state index contributed by atoms with van der Waals surface area (Å²) in [7, 11) is 1.70. The van der Waals surface area contributed by atoms with Crippen LogP contribution >= 0.6 is 0 Å². The summed E-state index contributed by atoms with van der Waals surface area (Å²) in [5, 5.41) is 8.90. The van der Waals surface area contributed by atoms with E-state index < -0.39 is 5.82 Å². The van der Waals surface area contributed by atoms with Gasteiger partial charge in [0.15, 0.2) is 0 Å². The fourth-order valence-electron chi connectivity index (χ4n) is 1.55. The molecule has 4 nitrogen and oxygen atoms in total. The van der Waals surface area contributed by atoms with Crippen LogP contribution in [0.15, 0.2) is 18.2 Å². The van der Waals surface area contributed by atoms with Crippen molar-refractivity contribution in [3.05, 3.63) is 29.6 Å². The van der Waals surface area contributed by atoms with E-state index in [1.165, 1.54) is 12.1 Å². The van der Waals surface area contributed by atoms with Crippen molar-refractivity contribution in [1.82, 2.24) is 0 Å². The highest BCUT2D eigenvalue weighted by molar-refractivity contribution is 5.70. The minimum Gasteiger partial charge on any atom is -0.466 e. The van der Waals surface area contributed by atoms with Crippen LogP contribution in [0.1, 0.15) is 18.9 Å². The highest BCUT2D eigenvalue weighted by atomic mass is 19.1. The van der Waals surface area contributed by atoms with Gasteiger partial charge in [-0.25, -0.2) is 4.39 Å². The number of benzene rings is 1. The third-order valence-electron chi connectivity index (χ3n) is 2.47. The van der Waals surface area contributed by atoms with Crippen LogP contribution < -0.4 is 4.90 Å². The molecule has 1 aromatic carbocycles. The Balaban J connectivity index is 2.73. The number of ether oxygens (including phenoxy) is 1. The zero-order valence-corrected chi connectivity index (χ0v) is 10.4. The zero-order chi connectivity index (χ0) is 13.5. The molecule has 0 bridgehead atoms. The quantitative estimate of drug-likeness (QED) is 0.751. The summed E-state index contributed by atoms with van der Waals surface area (Å²) in [5.41, 5.74) is 0.464. The van der Waals surface area contributed by atoms with Crippen molar-refractivity contribution in [2.45, 2.75) is 13.3 Å². The maximum Gasteiger partial charge on any atom is 0.307 e. The molecule has 0 fully saturated rings. The van der Waals surface area contributed by atoms with Gasteiger partial charge in [-0.05, 0) is 19.1 Å². The van der Waals surface area contributed by atoms with Crippen LogP contribution in [0, 0.1) is 17.1 Å². The van der Waals surface area contributed by atoms with Crippen LogP contribution in [-0.4, -0.2) is 26.2 Å². The number of nitrogens with zero attached hydrogens (tertiary/aromatic N) is 2. The molecule has 0 N–H and O–H groups in total. The summed E-state index contributed by atoms with van der Waals surface area (Å²) in [4.78, 5) is 12.9. The molecule has 0 aromatic heterocycles. The number of rotatable bonds is 5. The van der Waals surface area contributed by atoms with Crippen molar-refractivity contribution in [1.29, 1.82) is 5.26 Å². The lowest BCUT2D eigenvalue weighted by molar-refractivity contribution is -0.142. The van der Waals surface area contributed by atoms with Crippen molar-refractivity contribution >= 4 is 11.7 Å². The number of hydrogen-bond acceptors (Lipinski definition) is 4. The second-order valence-corrected chi connectivity index (χ2v) is 3.72. The Hall–Kier alpha value is -2.09. The van der Waals surface area contributed by atoms with E-state index in [0.29, 0.717) is 18.8 Å². The summed E-state index contributed by atoms with van der Waals surface area (Å²) in [6.45, 7) is 2.45. The highest BCUT2D eigenvalue weighted by Gasteiger charge is 2.12. The van der Waals surface area contributed by atoms with Crippen molar-refractivity contribution in [2.24, 2.45) is 0 Å². The van der Waals surface area contributed by atoms with E-state index >= 15 is 0 Å². The third-order valence-corrected chi connectivity index (χ3v) is 2.47. The number of esters is 1. The minimum absolute atomic E-state index is 0.0103. The molecule has 0 spiro atoms. The van der Waals surface area contributed by atoms with E-state index in [-0.39, 0.29) is 18.0 Å². The molecule has 18 heavy (non-hydrogen) atoms. The van der Waals surface area contributed by atoms with Gasteiger partial charge in [-0.15, -0.1) is 0 Å². The zero-order valence-electron chi connectivity index (χ0n) is 10.4. The molecule has 0 saturated heterocycles. The summed E-state index contributed by atoms with van der Waals surface area (Å²) >= 11 is 0. The summed E-state index contributed by atoms with van der Waals surface area (Å²) < 4.78 is 18.2. The molecule has 0 aliphatic carbocycles. The monoisotopic (exact) mass is 250 g/mol. The fraction of sp³-hybridized carbons (Fsp3) is 0.385. The second-order valence-electron chi connectivity index (χ2n) is 3.72. The van der Waals surface area contributed by atoms with Gasteiger partial charge in [-0.2, -0.15) is 5.26 Å². The Morgan fingerprint density at radius 2 is 2.28 bits per heavy atom. The summed E-state index contributed by atoms with van der Waals surface area (Å²) in [6.07, 6.45) is 0.200. The second kappa shape index (κ2) is 6.60. The van der Waals surface area contributed by atoms with Gasteiger partial charge in [0.05, 0.1) is 18.7 Å². The molecule has 0 atom stereocenters. The predicted octanol–water partition coefficient (Wildman–Crippen LogP) is 2.09. The lowest BCUT2D eigenvalue weighted by Gasteiger charge is -2.20. The lowest BCUT2D eigenvalue weighted by atomic mass is 10.1. The average molecular weight is 250 g/mol. The van der Waals surface area contributed by atoms with Gasteiger partial charge < -0.3 is 9.64 Å². The first kappa shape index (κ1) is 14.0. The third kappa shape index (κ3) is 3.45. The van der Waals surface area contributed by atoms with Gasteiger partial charge in [0, 0.05) is 13.6 Å². The molecular formula is C13H15FN2O2. The maximum absolute atomic E-state index is 13.4. The molecule has 0 saturated carbocycles. The largest absolute Gasteiger partial charge is 0.466 e. The Morgan fingerprint density at radius 1 is 1.56 bits per heavy atom. The molecule has 0 aliphatic rings. The Kier molecular flexibility index (Phi) is 5.12. The Labute approximate surface area is 106 Å². The van der Waals surface area contributed by atoms with E-state index in [4.69, 9.17) is 10.00 Å². The van der Waals surface area contributed by atoms with Gasteiger partial charge in [-0.1, -0.05) is 6.07 Å². The maximum atomic E-state index is 13.4. The summed E-state index contributed by atoms with van der Waals surface area (Å²) in [5.74, 6) is -0.864. The molecule has 0 aliphatic heterocycles. The number of nitriles is 1. The molecule has 1 aromatic rings. The van der Waals surface area contributed by atoms with Crippen molar-refractivity contribution in [3.8, 4) is 6.07 Å². The topological polar surface area (TPSA) is 53.3 Å². The molecule has 1 rings (SSSR count). The van der Waals surface area contributed by atoms with Gasteiger partial charge >= 0.3 is 5.97 Å². The highest BCUT2D eigenvalue weighted by Crippen LogP contribution is 2.21. The normalized spacial score (nSPS) is 9.67.